The van der Waals surface area contributed by atoms with Crippen LogP contribution in [0.15, 0.2) is 6.07 Å². The van der Waals surface area contributed by atoms with Crippen molar-refractivity contribution in [3.05, 3.63) is 20.3 Å². The van der Waals surface area contributed by atoms with E-state index in [0.29, 0.717) is 15.2 Å². The number of hydrogen-bond acceptors (Lipinski definition) is 3. The number of carbonyl (C=O) groups is 1. The molecule has 0 aliphatic carbocycles. The average molecular weight is 308 g/mol. The Kier molecular flexibility index (Phi) is 4.54. The average Bonchev–Trinajstić information content (AvgIpc) is 2.60. The van der Waals surface area contributed by atoms with Crippen molar-refractivity contribution in [2.45, 2.75) is 32.4 Å². The Balaban J connectivity index is 2.09. The Bertz CT molecular complexity index is 449. The number of aliphatic carboxylic acids is 1. The maximum absolute atomic E-state index is 11.2. The summed E-state index contributed by atoms with van der Waals surface area (Å²) in [6.07, 6.45) is 1.67. The molecule has 1 fully saturated rings. The molecule has 1 aliphatic heterocycles. The second-order valence-corrected chi connectivity index (χ2v) is 6.93. The normalized spacial score (nSPS) is 25.3. The van der Waals surface area contributed by atoms with Crippen LogP contribution >= 0.6 is 34.5 Å². The Hall–Kier alpha value is -0.290. The highest BCUT2D eigenvalue weighted by atomic mass is 35.5. The fourth-order valence-electron chi connectivity index (χ4n) is 2.47. The summed E-state index contributed by atoms with van der Waals surface area (Å²) in [7, 11) is 0. The van der Waals surface area contributed by atoms with Crippen LogP contribution in [-0.2, 0) is 11.3 Å². The zero-order chi connectivity index (χ0) is 13.3. The third-order valence-electron chi connectivity index (χ3n) is 3.54. The van der Waals surface area contributed by atoms with E-state index in [-0.39, 0.29) is 12.0 Å². The molecule has 3 nitrogen and oxygen atoms in total. The smallest absolute Gasteiger partial charge is 0.308 e. The van der Waals surface area contributed by atoms with Crippen molar-refractivity contribution in [1.29, 1.82) is 0 Å². The fourth-order valence-corrected chi connectivity index (χ4v) is 3.94. The fraction of sp³-hybridized carbons (Fsp3) is 0.583. The standard InChI is InChI=1S/C12H15Cl2NO2S/c1-7-9(12(16)17)3-2-4-15(7)6-8-5-10(13)18-11(8)14/h5,7,9H,2-4,6H2,1H3,(H,16,17)/t7-,9-/m1/s1. The van der Waals surface area contributed by atoms with Gasteiger partial charge in [0.2, 0.25) is 0 Å². The lowest BCUT2D eigenvalue weighted by molar-refractivity contribution is -0.145. The van der Waals surface area contributed by atoms with Crippen molar-refractivity contribution in [1.82, 2.24) is 4.90 Å². The van der Waals surface area contributed by atoms with E-state index in [4.69, 9.17) is 23.2 Å². The van der Waals surface area contributed by atoms with E-state index >= 15 is 0 Å². The molecule has 1 aromatic heterocycles. The van der Waals surface area contributed by atoms with Crippen LogP contribution in [0.25, 0.3) is 0 Å². The summed E-state index contributed by atoms with van der Waals surface area (Å²) in [6, 6.07) is 1.90. The Labute approximate surface area is 120 Å². The van der Waals surface area contributed by atoms with E-state index < -0.39 is 5.97 Å². The van der Waals surface area contributed by atoms with Crippen molar-refractivity contribution in [2.75, 3.05) is 6.54 Å². The van der Waals surface area contributed by atoms with E-state index in [1.807, 2.05) is 13.0 Å². The molecule has 1 saturated heterocycles. The SMILES string of the molecule is C[C@@H]1[C@H](C(=O)O)CCCN1Cc1cc(Cl)sc1Cl. The van der Waals surface area contributed by atoms with Crippen LogP contribution in [0, 0.1) is 5.92 Å². The summed E-state index contributed by atoms with van der Waals surface area (Å²) in [5, 5.41) is 9.18. The summed E-state index contributed by atoms with van der Waals surface area (Å²) < 4.78 is 1.37. The minimum atomic E-state index is -0.707. The van der Waals surface area contributed by atoms with Gasteiger partial charge in [0.1, 0.15) is 0 Å². The van der Waals surface area contributed by atoms with Crippen LogP contribution in [-0.4, -0.2) is 28.6 Å². The van der Waals surface area contributed by atoms with E-state index in [1.165, 1.54) is 11.3 Å². The molecule has 0 amide bonds. The zero-order valence-electron chi connectivity index (χ0n) is 10.0. The monoisotopic (exact) mass is 307 g/mol. The molecule has 2 heterocycles. The van der Waals surface area contributed by atoms with Gasteiger partial charge in [0.15, 0.2) is 0 Å². The first kappa shape index (κ1) is 14.1. The lowest BCUT2D eigenvalue weighted by Crippen LogP contribution is -2.45. The van der Waals surface area contributed by atoms with E-state index in [9.17, 15) is 9.90 Å². The summed E-state index contributed by atoms with van der Waals surface area (Å²) in [6.45, 7) is 3.56. The highest BCUT2D eigenvalue weighted by Gasteiger charge is 2.33. The van der Waals surface area contributed by atoms with Crippen molar-refractivity contribution in [3.8, 4) is 0 Å². The lowest BCUT2D eigenvalue weighted by Gasteiger charge is -2.37. The number of likely N-dealkylation sites (tertiary alicyclic amines) is 1. The first-order chi connectivity index (χ1) is 8.49. The van der Waals surface area contributed by atoms with Crippen LogP contribution in [0.1, 0.15) is 25.3 Å². The second kappa shape index (κ2) is 5.78. The summed E-state index contributed by atoms with van der Waals surface area (Å²) in [5.74, 6) is -0.992. The molecule has 0 bridgehead atoms. The van der Waals surface area contributed by atoms with Gasteiger partial charge in [0.05, 0.1) is 14.6 Å². The van der Waals surface area contributed by atoms with Gasteiger partial charge in [-0.2, -0.15) is 0 Å². The van der Waals surface area contributed by atoms with Crippen molar-refractivity contribution < 1.29 is 9.90 Å². The Morgan fingerprint density at radius 1 is 1.61 bits per heavy atom. The third kappa shape index (κ3) is 2.99. The summed E-state index contributed by atoms with van der Waals surface area (Å²) in [4.78, 5) is 13.3. The van der Waals surface area contributed by atoms with Crippen LogP contribution < -0.4 is 0 Å². The molecule has 0 aromatic carbocycles. The van der Waals surface area contributed by atoms with Crippen LogP contribution in [0.4, 0.5) is 0 Å². The number of carboxylic acid groups (broad SMARTS) is 1. The van der Waals surface area contributed by atoms with Gasteiger partial charge in [-0.1, -0.05) is 23.2 Å². The summed E-state index contributed by atoms with van der Waals surface area (Å²) >= 11 is 13.4. The van der Waals surface area contributed by atoms with Crippen molar-refractivity contribution >= 4 is 40.5 Å². The van der Waals surface area contributed by atoms with Gasteiger partial charge in [-0.15, -0.1) is 11.3 Å². The van der Waals surface area contributed by atoms with Gasteiger partial charge in [-0.3, -0.25) is 9.69 Å². The molecule has 0 unspecified atom stereocenters. The van der Waals surface area contributed by atoms with Gasteiger partial charge in [-0.05, 0) is 37.9 Å². The van der Waals surface area contributed by atoms with Crippen LogP contribution in [0.5, 0.6) is 0 Å². The number of nitrogens with zero attached hydrogens (tertiary/aromatic N) is 1. The van der Waals surface area contributed by atoms with Crippen LogP contribution in [0.3, 0.4) is 0 Å². The number of rotatable bonds is 3. The largest absolute Gasteiger partial charge is 0.481 e. The Morgan fingerprint density at radius 3 is 2.89 bits per heavy atom. The molecule has 18 heavy (non-hydrogen) atoms. The maximum atomic E-state index is 11.2. The number of carboxylic acids is 1. The highest BCUT2D eigenvalue weighted by molar-refractivity contribution is 7.20. The molecule has 1 aromatic rings. The van der Waals surface area contributed by atoms with Crippen molar-refractivity contribution in [2.24, 2.45) is 5.92 Å². The molecular formula is C12H15Cl2NO2S. The highest BCUT2D eigenvalue weighted by Crippen LogP contribution is 2.34. The third-order valence-corrected chi connectivity index (χ3v) is 5.11. The predicted octanol–water partition coefficient (Wildman–Crippen LogP) is 3.74. The number of hydrogen-bond donors (Lipinski definition) is 1. The first-order valence-corrected chi connectivity index (χ1v) is 7.47. The molecular weight excluding hydrogens is 293 g/mol. The maximum Gasteiger partial charge on any atom is 0.308 e. The molecule has 0 saturated carbocycles. The van der Waals surface area contributed by atoms with Crippen molar-refractivity contribution in [3.63, 3.8) is 0 Å². The van der Waals surface area contributed by atoms with Gasteiger partial charge < -0.3 is 5.11 Å². The molecule has 100 valence electrons. The van der Waals surface area contributed by atoms with E-state index in [0.717, 1.165) is 24.9 Å². The van der Waals surface area contributed by atoms with E-state index in [1.54, 1.807) is 0 Å². The molecule has 0 radical (unpaired) electrons. The predicted molar refractivity (Wildman–Crippen MR) is 74.6 cm³/mol. The lowest BCUT2D eigenvalue weighted by atomic mass is 9.90. The number of halogens is 2. The topological polar surface area (TPSA) is 40.5 Å². The number of piperidine rings is 1. The molecule has 1 N–H and O–H groups in total. The first-order valence-electron chi connectivity index (χ1n) is 5.89. The molecule has 2 rings (SSSR count). The Morgan fingerprint density at radius 2 is 2.33 bits per heavy atom. The quantitative estimate of drug-likeness (QED) is 0.924. The zero-order valence-corrected chi connectivity index (χ0v) is 12.4. The summed E-state index contributed by atoms with van der Waals surface area (Å²) in [5.41, 5.74) is 0.990. The van der Waals surface area contributed by atoms with Gasteiger partial charge >= 0.3 is 5.97 Å². The molecule has 2 atom stereocenters. The molecule has 6 heteroatoms. The van der Waals surface area contributed by atoms with Crippen LogP contribution in [0.2, 0.25) is 8.67 Å². The second-order valence-electron chi connectivity index (χ2n) is 4.65. The van der Waals surface area contributed by atoms with E-state index in [2.05, 4.69) is 4.90 Å². The van der Waals surface area contributed by atoms with Gasteiger partial charge in [0.25, 0.3) is 0 Å². The minimum Gasteiger partial charge on any atom is -0.481 e. The molecule has 1 aliphatic rings. The molecule has 0 spiro atoms. The van der Waals surface area contributed by atoms with Gasteiger partial charge in [-0.25, -0.2) is 0 Å². The number of thiophene rings is 1. The minimum absolute atomic E-state index is 0.0333. The van der Waals surface area contributed by atoms with Gasteiger partial charge in [0, 0.05) is 12.6 Å².